The van der Waals surface area contributed by atoms with Gasteiger partial charge in [-0.15, -0.1) is 0 Å². The SMILES string of the molecule is CC/C=C\C/C=C\C/C=C\CCCCCCCC(=O)OC(COC(=O)CCCCCCCCC/C=C\CCCCCCCC)COC1OC(CO)C(O)C(O)C1O. The first-order valence-electron chi connectivity index (χ1n) is 22.7. The van der Waals surface area contributed by atoms with Crippen LogP contribution in [0.3, 0.4) is 0 Å². The molecule has 1 saturated heterocycles. The molecule has 10 heteroatoms. The lowest BCUT2D eigenvalue weighted by atomic mass is 9.99. The Bertz CT molecular complexity index is 1070. The molecule has 0 spiro atoms. The second-order valence-corrected chi connectivity index (χ2v) is 15.5. The van der Waals surface area contributed by atoms with E-state index in [-0.39, 0.29) is 32.0 Å². The fraction of sp³-hybridized carbons (Fsp3) is 0.787. The Morgan fingerprint density at radius 3 is 1.58 bits per heavy atom. The molecule has 1 aliphatic heterocycles. The van der Waals surface area contributed by atoms with Crippen LogP contribution < -0.4 is 0 Å². The van der Waals surface area contributed by atoms with E-state index in [0.29, 0.717) is 6.42 Å². The third kappa shape index (κ3) is 29.5. The summed E-state index contributed by atoms with van der Waals surface area (Å²) in [7, 11) is 0. The van der Waals surface area contributed by atoms with Crippen LogP contribution in [-0.4, -0.2) is 89.0 Å². The van der Waals surface area contributed by atoms with E-state index in [0.717, 1.165) is 83.5 Å². The van der Waals surface area contributed by atoms with E-state index in [4.69, 9.17) is 18.9 Å². The van der Waals surface area contributed by atoms with Crippen molar-refractivity contribution in [2.45, 2.75) is 218 Å². The molecule has 0 saturated carbocycles. The number of unbranched alkanes of at least 4 members (excludes halogenated alkanes) is 18. The minimum atomic E-state index is -1.60. The molecule has 57 heavy (non-hydrogen) atoms. The molecule has 1 heterocycles. The van der Waals surface area contributed by atoms with Gasteiger partial charge in [0.05, 0.1) is 13.2 Å². The van der Waals surface area contributed by atoms with E-state index in [1.54, 1.807) is 0 Å². The first kappa shape index (κ1) is 52.7. The van der Waals surface area contributed by atoms with E-state index in [9.17, 15) is 30.0 Å². The number of carbonyl (C=O) groups excluding carboxylic acids is 2. The molecular formula is C47H82O10. The van der Waals surface area contributed by atoms with Crippen molar-refractivity contribution in [3.05, 3.63) is 48.6 Å². The number of hydrogen-bond acceptors (Lipinski definition) is 10. The highest BCUT2D eigenvalue weighted by molar-refractivity contribution is 5.70. The smallest absolute Gasteiger partial charge is 0.306 e. The summed E-state index contributed by atoms with van der Waals surface area (Å²) in [6.07, 6.45) is 36.8. The van der Waals surface area contributed by atoms with Crippen molar-refractivity contribution < 1.29 is 49.0 Å². The number of esters is 2. The Kier molecular flexibility index (Phi) is 35.0. The van der Waals surface area contributed by atoms with Crippen LogP contribution in [-0.2, 0) is 28.5 Å². The highest BCUT2D eigenvalue weighted by Crippen LogP contribution is 2.22. The third-order valence-electron chi connectivity index (χ3n) is 10.2. The Morgan fingerprint density at radius 2 is 1.04 bits per heavy atom. The number of aliphatic hydroxyl groups excluding tert-OH is 4. The summed E-state index contributed by atoms with van der Waals surface area (Å²) in [5.74, 6) is -0.832. The van der Waals surface area contributed by atoms with Crippen molar-refractivity contribution in [1.29, 1.82) is 0 Å². The van der Waals surface area contributed by atoms with E-state index >= 15 is 0 Å². The van der Waals surface area contributed by atoms with Crippen molar-refractivity contribution in [2.75, 3.05) is 19.8 Å². The van der Waals surface area contributed by atoms with Crippen LogP contribution in [0.25, 0.3) is 0 Å². The van der Waals surface area contributed by atoms with Gasteiger partial charge >= 0.3 is 11.9 Å². The van der Waals surface area contributed by atoms with E-state index < -0.39 is 49.4 Å². The number of rotatable bonds is 37. The maximum absolute atomic E-state index is 12.8. The summed E-state index contributed by atoms with van der Waals surface area (Å²) in [5, 5.41) is 40.1. The lowest BCUT2D eigenvalue weighted by Crippen LogP contribution is -2.59. The van der Waals surface area contributed by atoms with Crippen molar-refractivity contribution in [2.24, 2.45) is 0 Å². The van der Waals surface area contributed by atoms with Crippen LogP contribution in [0.15, 0.2) is 48.6 Å². The number of hydrogen-bond donors (Lipinski definition) is 4. The van der Waals surface area contributed by atoms with E-state index in [2.05, 4.69) is 62.5 Å². The molecule has 0 aliphatic carbocycles. The second-order valence-electron chi connectivity index (χ2n) is 15.5. The Labute approximate surface area is 346 Å². The quantitative estimate of drug-likeness (QED) is 0.0271. The molecule has 10 nitrogen and oxygen atoms in total. The highest BCUT2D eigenvalue weighted by atomic mass is 16.7. The van der Waals surface area contributed by atoms with E-state index in [1.807, 2.05) is 0 Å². The number of ether oxygens (including phenoxy) is 4. The van der Waals surface area contributed by atoms with Crippen LogP contribution in [0.2, 0.25) is 0 Å². The van der Waals surface area contributed by atoms with Gasteiger partial charge in [-0.1, -0.05) is 146 Å². The molecule has 4 N–H and O–H groups in total. The van der Waals surface area contributed by atoms with Gasteiger partial charge < -0.3 is 39.4 Å². The molecule has 0 aromatic rings. The zero-order valence-electron chi connectivity index (χ0n) is 35.8. The topological polar surface area (TPSA) is 152 Å². The van der Waals surface area contributed by atoms with Gasteiger partial charge in [0.15, 0.2) is 12.4 Å². The minimum Gasteiger partial charge on any atom is -0.462 e. The Balaban J connectivity index is 2.33. The van der Waals surface area contributed by atoms with E-state index in [1.165, 1.54) is 64.2 Å². The Morgan fingerprint density at radius 1 is 0.561 bits per heavy atom. The molecule has 6 unspecified atom stereocenters. The summed E-state index contributed by atoms with van der Waals surface area (Å²) in [4.78, 5) is 25.3. The minimum absolute atomic E-state index is 0.208. The zero-order valence-corrected chi connectivity index (χ0v) is 35.8. The van der Waals surface area contributed by atoms with Crippen LogP contribution in [0.1, 0.15) is 181 Å². The fourth-order valence-corrected chi connectivity index (χ4v) is 6.61. The molecule has 1 rings (SSSR count). The highest BCUT2D eigenvalue weighted by Gasteiger charge is 2.44. The van der Waals surface area contributed by atoms with Gasteiger partial charge in [-0.2, -0.15) is 0 Å². The number of aliphatic hydroxyl groups is 4. The molecule has 1 fully saturated rings. The first-order valence-corrected chi connectivity index (χ1v) is 22.7. The largest absolute Gasteiger partial charge is 0.462 e. The molecule has 0 radical (unpaired) electrons. The molecular weight excluding hydrogens is 725 g/mol. The van der Waals surface area contributed by atoms with Crippen LogP contribution >= 0.6 is 0 Å². The van der Waals surface area contributed by atoms with Crippen molar-refractivity contribution >= 4 is 11.9 Å². The first-order chi connectivity index (χ1) is 27.8. The normalized spacial score (nSPS) is 20.7. The maximum atomic E-state index is 12.8. The molecule has 0 aromatic heterocycles. The van der Waals surface area contributed by atoms with Crippen molar-refractivity contribution in [3.8, 4) is 0 Å². The van der Waals surface area contributed by atoms with Gasteiger partial charge in [0.1, 0.15) is 31.0 Å². The molecule has 0 amide bonds. The molecule has 0 aromatic carbocycles. The summed E-state index contributed by atoms with van der Waals surface area (Å²) in [6.45, 7) is 3.28. The summed E-state index contributed by atoms with van der Waals surface area (Å²) in [6, 6.07) is 0. The number of carbonyl (C=O) groups is 2. The molecule has 0 bridgehead atoms. The summed E-state index contributed by atoms with van der Waals surface area (Å²) >= 11 is 0. The predicted molar refractivity (Wildman–Crippen MR) is 229 cm³/mol. The number of allylic oxidation sites excluding steroid dienone is 8. The van der Waals surface area contributed by atoms with Gasteiger partial charge in [-0.3, -0.25) is 9.59 Å². The molecule has 330 valence electrons. The van der Waals surface area contributed by atoms with Crippen LogP contribution in [0.4, 0.5) is 0 Å². The third-order valence-corrected chi connectivity index (χ3v) is 10.2. The van der Waals surface area contributed by atoms with Crippen molar-refractivity contribution in [1.82, 2.24) is 0 Å². The van der Waals surface area contributed by atoms with Gasteiger partial charge in [0.2, 0.25) is 0 Å². The lowest BCUT2D eigenvalue weighted by molar-refractivity contribution is -0.305. The van der Waals surface area contributed by atoms with Gasteiger partial charge in [-0.25, -0.2) is 0 Å². The lowest BCUT2D eigenvalue weighted by Gasteiger charge is -2.39. The monoisotopic (exact) mass is 807 g/mol. The second kappa shape index (κ2) is 37.9. The van der Waals surface area contributed by atoms with Gasteiger partial charge in [0.25, 0.3) is 0 Å². The van der Waals surface area contributed by atoms with Crippen LogP contribution in [0.5, 0.6) is 0 Å². The fourth-order valence-electron chi connectivity index (χ4n) is 6.61. The predicted octanol–water partition coefficient (Wildman–Crippen LogP) is 9.67. The van der Waals surface area contributed by atoms with Crippen LogP contribution in [0, 0.1) is 0 Å². The molecule has 6 atom stereocenters. The summed E-state index contributed by atoms with van der Waals surface area (Å²) < 4.78 is 22.1. The maximum Gasteiger partial charge on any atom is 0.306 e. The average molecular weight is 807 g/mol. The van der Waals surface area contributed by atoms with Gasteiger partial charge in [0, 0.05) is 12.8 Å². The zero-order chi connectivity index (χ0) is 41.6. The Hall–Kier alpha value is -2.34. The van der Waals surface area contributed by atoms with Crippen molar-refractivity contribution in [3.63, 3.8) is 0 Å². The standard InChI is InChI=1S/C47H82O10/c1-3-5-7-9-11-13-15-17-19-20-22-23-25-27-29-31-33-35-42(49)54-38-40(39-55-47-46(53)45(52)44(51)41(37-48)57-47)56-43(50)36-34-32-30-28-26-24-21-18-16-14-12-10-8-6-4-2/h6,8,12,14,17-19,21,40-41,44-48,51-53H,3-5,7,9-11,13,15-16,20,22-39H2,1-2H3/b8-6-,14-12-,19-17-,21-18-. The average Bonchev–Trinajstić information content (AvgIpc) is 3.21. The summed E-state index contributed by atoms with van der Waals surface area (Å²) in [5.41, 5.74) is 0. The van der Waals surface area contributed by atoms with Gasteiger partial charge in [-0.05, 0) is 70.6 Å². The molecule has 1 aliphatic rings.